The summed E-state index contributed by atoms with van der Waals surface area (Å²) in [5, 5.41) is 0. The van der Waals surface area contributed by atoms with Crippen molar-refractivity contribution in [2.45, 2.75) is 38.8 Å². The summed E-state index contributed by atoms with van der Waals surface area (Å²) in [7, 11) is 0. The molecule has 0 aromatic carbocycles. The Bertz CT molecular complexity index is 109. The van der Waals surface area contributed by atoms with E-state index in [4.69, 9.17) is 0 Å². The number of nitrogens with one attached hydrogen (secondary N) is 1. The van der Waals surface area contributed by atoms with E-state index in [2.05, 4.69) is 45.1 Å². The molecule has 0 unspecified atom stereocenters. The molecule has 1 saturated heterocycles. The van der Waals surface area contributed by atoms with Crippen molar-refractivity contribution in [1.82, 2.24) is 8.43 Å². The maximum Gasteiger partial charge on any atom is 0.0187 e. The summed E-state index contributed by atoms with van der Waals surface area (Å²) in [6.07, 6.45) is 2.61. The van der Waals surface area contributed by atoms with Gasteiger partial charge in [0.05, 0.1) is 0 Å². The molecule has 1 aliphatic rings. The van der Waals surface area contributed by atoms with Crippen LogP contribution in [0.2, 0.25) is 0 Å². The minimum atomic E-state index is 0.727. The summed E-state index contributed by atoms with van der Waals surface area (Å²) in [4.78, 5) is 2.55. The number of hydrogen-bond donors (Lipinski definition) is 1. The lowest BCUT2D eigenvalue weighted by Crippen LogP contribution is -2.42. The molecule has 1 heterocycles. The first-order valence-electron chi connectivity index (χ1n) is 4.34. The van der Waals surface area contributed by atoms with Crippen molar-refractivity contribution < 1.29 is 0 Å². The van der Waals surface area contributed by atoms with Crippen LogP contribution >= 0.6 is 22.9 Å². The highest BCUT2D eigenvalue weighted by molar-refractivity contribution is 14.1. The molecule has 1 fully saturated rings. The molecule has 0 amide bonds. The van der Waals surface area contributed by atoms with Crippen LogP contribution in [0.5, 0.6) is 0 Å². The van der Waals surface area contributed by atoms with Crippen molar-refractivity contribution in [2.24, 2.45) is 0 Å². The summed E-state index contributed by atoms with van der Waals surface area (Å²) >= 11 is 2.26. The highest BCUT2D eigenvalue weighted by Crippen LogP contribution is 2.13. The zero-order chi connectivity index (χ0) is 8.27. The average molecular weight is 268 g/mol. The Labute approximate surface area is 83.2 Å². The van der Waals surface area contributed by atoms with Gasteiger partial charge in [-0.25, -0.2) is 0 Å². The van der Waals surface area contributed by atoms with Gasteiger partial charge in [-0.2, -0.15) is 0 Å². The highest BCUT2D eigenvalue weighted by Gasteiger charge is 2.19. The van der Waals surface area contributed by atoms with Crippen LogP contribution in [0.25, 0.3) is 0 Å². The van der Waals surface area contributed by atoms with Crippen LogP contribution in [0.15, 0.2) is 0 Å². The quantitative estimate of drug-likeness (QED) is 0.607. The van der Waals surface area contributed by atoms with Gasteiger partial charge in [0, 0.05) is 34.9 Å². The number of likely N-dealkylation sites (tertiary alicyclic amines) is 1. The van der Waals surface area contributed by atoms with Crippen molar-refractivity contribution in [3.05, 3.63) is 0 Å². The van der Waals surface area contributed by atoms with Gasteiger partial charge in [0.25, 0.3) is 0 Å². The largest absolute Gasteiger partial charge is 0.301 e. The first-order chi connectivity index (χ1) is 5.24. The predicted molar refractivity (Wildman–Crippen MR) is 56.9 cm³/mol. The van der Waals surface area contributed by atoms with Crippen molar-refractivity contribution in [3.63, 3.8) is 0 Å². The van der Waals surface area contributed by atoms with E-state index in [9.17, 15) is 0 Å². The van der Waals surface area contributed by atoms with E-state index < -0.39 is 0 Å². The first kappa shape index (κ1) is 9.74. The molecule has 11 heavy (non-hydrogen) atoms. The molecule has 0 atom stereocenters. The Hall–Kier alpha value is 0.650. The van der Waals surface area contributed by atoms with Crippen LogP contribution < -0.4 is 3.53 Å². The summed E-state index contributed by atoms with van der Waals surface area (Å²) in [6, 6.07) is 1.48. The van der Waals surface area contributed by atoms with Gasteiger partial charge in [0.2, 0.25) is 0 Å². The van der Waals surface area contributed by atoms with Gasteiger partial charge in [0.15, 0.2) is 0 Å². The number of piperidine rings is 1. The molecule has 2 nitrogen and oxygen atoms in total. The Kier molecular flexibility index (Phi) is 4.09. The van der Waals surface area contributed by atoms with Crippen molar-refractivity contribution in [1.29, 1.82) is 0 Å². The molecule has 66 valence electrons. The third-order valence-corrected chi connectivity index (χ3v) is 3.29. The maximum atomic E-state index is 3.31. The number of hydrogen-bond acceptors (Lipinski definition) is 2. The zero-order valence-corrected chi connectivity index (χ0v) is 9.47. The fourth-order valence-electron chi connectivity index (χ4n) is 1.52. The van der Waals surface area contributed by atoms with Crippen molar-refractivity contribution in [2.75, 3.05) is 13.1 Å². The summed E-state index contributed by atoms with van der Waals surface area (Å²) in [6.45, 7) is 7.08. The number of rotatable bonds is 2. The van der Waals surface area contributed by atoms with Crippen LogP contribution in [-0.4, -0.2) is 30.1 Å². The molecule has 3 heteroatoms. The van der Waals surface area contributed by atoms with Gasteiger partial charge in [0.1, 0.15) is 0 Å². The lowest BCUT2D eigenvalue weighted by molar-refractivity contribution is 0.170. The minimum absolute atomic E-state index is 0.727. The number of halogens is 1. The molecule has 0 spiro atoms. The fourth-order valence-corrected chi connectivity index (χ4v) is 2.15. The molecule has 0 aliphatic carbocycles. The first-order valence-corrected chi connectivity index (χ1v) is 5.42. The summed E-state index contributed by atoms with van der Waals surface area (Å²) < 4.78 is 3.31. The van der Waals surface area contributed by atoms with Gasteiger partial charge in [-0.1, -0.05) is 0 Å². The second-order valence-corrected chi connectivity index (χ2v) is 4.14. The molecule has 0 aromatic heterocycles. The SMILES string of the molecule is CC(C)N1CCC(NI)CC1. The van der Waals surface area contributed by atoms with Gasteiger partial charge in [-0.3, -0.25) is 3.53 Å². The molecule has 0 saturated carbocycles. The Morgan fingerprint density at radius 3 is 2.27 bits per heavy atom. The lowest BCUT2D eigenvalue weighted by atomic mass is 10.1. The molecular weight excluding hydrogens is 251 g/mol. The summed E-state index contributed by atoms with van der Waals surface area (Å²) in [5.41, 5.74) is 0. The predicted octanol–water partition coefficient (Wildman–Crippen LogP) is 1.80. The Morgan fingerprint density at radius 2 is 1.91 bits per heavy atom. The van der Waals surface area contributed by atoms with Crippen LogP contribution in [0.3, 0.4) is 0 Å². The van der Waals surface area contributed by atoms with E-state index in [1.807, 2.05) is 0 Å². The van der Waals surface area contributed by atoms with E-state index in [1.165, 1.54) is 25.9 Å². The van der Waals surface area contributed by atoms with E-state index in [-0.39, 0.29) is 0 Å². The molecule has 1 rings (SSSR count). The maximum absolute atomic E-state index is 3.31. The Morgan fingerprint density at radius 1 is 1.36 bits per heavy atom. The topological polar surface area (TPSA) is 15.3 Å². The molecular formula is C8H17IN2. The second kappa shape index (κ2) is 4.62. The third kappa shape index (κ3) is 2.87. The van der Waals surface area contributed by atoms with Crippen molar-refractivity contribution >= 4 is 22.9 Å². The molecule has 0 radical (unpaired) electrons. The summed E-state index contributed by atoms with van der Waals surface area (Å²) in [5.74, 6) is 0. The van der Waals surface area contributed by atoms with E-state index in [0.717, 1.165) is 12.1 Å². The van der Waals surface area contributed by atoms with Gasteiger partial charge in [-0.05, 0) is 39.8 Å². The third-order valence-electron chi connectivity index (χ3n) is 2.41. The molecule has 1 N–H and O–H groups in total. The normalized spacial score (nSPS) is 22.9. The van der Waals surface area contributed by atoms with Crippen LogP contribution in [0.1, 0.15) is 26.7 Å². The van der Waals surface area contributed by atoms with Crippen molar-refractivity contribution in [3.8, 4) is 0 Å². The monoisotopic (exact) mass is 268 g/mol. The molecule has 0 bridgehead atoms. The molecule has 1 aliphatic heterocycles. The Balaban J connectivity index is 2.24. The lowest BCUT2D eigenvalue weighted by Gasteiger charge is -2.33. The second-order valence-electron chi connectivity index (χ2n) is 3.51. The van der Waals surface area contributed by atoms with E-state index >= 15 is 0 Å². The highest BCUT2D eigenvalue weighted by atomic mass is 127. The van der Waals surface area contributed by atoms with Crippen LogP contribution in [-0.2, 0) is 0 Å². The van der Waals surface area contributed by atoms with E-state index in [1.54, 1.807) is 0 Å². The minimum Gasteiger partial charge on any atom is -0.301 e. The fraction of sp³-hybridized carbons (Fsp3) is 1.00. The molecule has 0 aromatic rings. The smallest absolute Gasteiger partial charge is 0.0187 e. The van der Waals surface area contributed by atoms with E-state index in [0.29, 0.717) is 0 Å². The zero-order valence-electron chi connectivity index (χ0n) is 7.31. The van der Waals surface area contributed by atoms with Crippen LogP contribution in [0.4, 0.5) is 0 Å². The average Bonchev–Trinajstić information content (AvgIpc) is 2.05. The number of nitrogens with zero attached hydrogens (tertiary/aromatic N) is 1. The standard InChI is InChI=1S/C8H17IN2/c1-7(2)11-5-3-8(10-9)4-6-11/h7-8,10H,3-6H2,1-2H3. The van der Waals surface area contributed by atoms with Gasteiger partial charge < -0.3 is 4.90 Å². The van der Waals surface area contributed by atoms with Crippen LogP contribution in [0, 0.1) is 0 Å². The van der Waals surface area contributed by atoms with Gasteiger partial charge >= 0.3 is 0 Å². The van der Waals surface area contributed by atoms with Gasteiger partial charge in [-0.15, -0.1) is 0 Å².